The summed E-state index contributed by atoms with van der Waals surface area (Å²) in [6.07, 6.45) is 8.67. The van der Waals surface area contributed by atoms with Crippen LogP contribution in [0.4, 0.5) is 30.6 Å². The highest BCUT2D eigenvalue weighted by molar-refractivity contribution is 6.06. The van der Waals surface area contributed by atoms with Crippen molar-refractivity contribution in [3.63, 3.8) is 0 Å². The number of rotatable bonds is 23. The number of benzene rings is 2. The van der Waals surface area contributed by atoms with E-state index in [1.54, 1.807) is 17.0 Å². The molecule has 1 atom stereocenters. The van der Waals surface area contributed by atoms with Gasteiger partial charge in [-0.3, -0.25) is 24.5 Å². The van der Waals surface area contributed by atoms with Gasteiger partial charge in [-0.1, -0.05) is 43.5 Å². The van der Waals surface area contributed by atoms with Gasteiger partial charge in [0.05, 0.1) is 6.20 Å². The van der Waals surface area contributed by atoms with Crippen LogP contribution in [0, 0.1) is 17.2 Å². The molecule has 1 saturated heterocycles. The molecule has 0 spiro atoms. The van der Waals surface area contributed by atoms with Gasteiger partial charge < -0.3 is 36.2 Å². The highest BCUT2D eigenvalue weighted by Crippen LogP contribution is 2.33. The summed E-state index contributed by atoms with van der Waals surface area (Å²) < 4.78 is 42.6. The minimum atomic E-state index is -4.81. The fourth-order valence-electron chi connectivity index (χ4n) is 8.33. The Labute approximate surface area is 365 Å². The van der Waals surface area contributed by atoms with Crippen molar-refractivity contribution in [1.29, 1.82) is 5.26 Å². The number of nitriles is 1. The van der Waals surface area contributed by atoms with Crippen LogP contribution >= 0.6 is 0 Å². The van der Waals surface area contributed by atoms with E-state index in [1.807, 2.05) is 12.1 Å². The highest BCUT2D eigenvalue weighted by Gasteiger charge is 2.40. The number of aromatic nitrogens is 2. The topological polar surface area (TPSA) is 202 Å². The molecule has 338 valence electrons. The highest BCUT2D eigenvalue weighted by atomic mass is 19.4. The summed E-state index contributed by atoms with van der Waals surface area (Å²) in [4.78, 5) is 59.5. The molecule has 2 aliphatic heterocycles. The van der Waals surface area contributed by atoms with Crippen molar-refractivity contribution >= 4 is 41.1 Å². The van der Waals surface area contributed by atoms with Crippen LogP contribution in [0.5, 0.6) is 5.75 Å². The van der Waals surface area contributed by atoms with Gasteiger partial charge in [0.15, 0.2) is 0 Å². The Bertz CT molecular complexity index is 2090. The predicted molar refractivity (Wildman–Crippen MR) is 230 cm³/mol. The van der Waals surface area contributed by atoms with Crippen LogP contribution in [0.25, 0.3) is 0 Å². The van der Waals surface area contributed by atoms with E-state index in [9.17, 15) is 37.6 Å². The number of alkyl halides is 3. The normalized spacial score (nSPS) is 18.6. The Balaban J connectivity index is 0.762. The number of carbonyl (C=O) groups excluding carboxylic acids is 4. The van der Waals surface area contributed by atoms with Gasteiger partial charge in [0.1, 0.15) is 29.2 Å². The average Bonchev–Trinajstić information content (AvgIpc) is 3.60. The summed E-state index contributed by atoms with van der Waals surface area (Å²) in [6, 6.07) is 13.3. The van der Waals surface area contributed by atoms with Gasteiger partial charge in [-0.05, 0) is 88.4 Å². The Hall–Kier alpha value is -5.96. The van der Waals surface area contributed by atoms with Crippen LogP contribution in [-0.2, 0) is 27.5 Å². The molecule has 2 aromatic carbocycles. The van der Waals surface area contributed by atoms with Crippen molar-refractivity contribution in [3.8, 4) is 11.8 Å². The molecule has 1 aromatic heterocycles. The van der Waals surface area contributed by atoms with Crippen LogP contribution in [-0.4, -0.2) is 83.1 Å². The molecule has 63 heavy (non-hydrogen) atoms. The van der Waals surface area contributed by atoms with Crippen molar-refractivity contribution in [2.24, 2.45) is 5.92 Å². The van der Waals surface area contributed by atoms with E-state index in [0.29, 0.717) is 62.4 Å². The smallest absolute Gasteiger partial charge is 0.405 e. The first kappa shape index (κ1) is 46.5. The number of halogens is 3. The first-order valence-corrected chi connectivity index (χ1v) is 22.1. The fraction of sp³-hybridized carbons (Fsp3) is 0.533. The SMILES string of the molecule is N#Cc1cnc(NCc2ccccc2OC(F)(F)F)nc1NCC1CCC(NCCCCCCCNC(=O)CCCCNc2cccc3c2CN(C2CCC(=O)NC2=O)C3=O)CC1. The maximum atomic E-state index is 13.1. The number of nitrogens with zero attached hydrogens (tertiary/aromatic N) is 4. The molecule has 4 amide bonds. The Morgan fingerprint density at radius 1 is 0.889 bits per heavy atom. The molecule has 15 nitrogen and oxygen atoms in total. The number of amides is 4. The summed E-state index contributed by atoms with van der Waals surface area (Å²) in [7, 11) is 0. The molecule has 6 N–H and O–H groups in total. The zero-order chi connectivity index (χ0) is 44.6. The number of carbonyl (C=O) groups is 4. The lowest BCUT2D eigenvalue weighted by atomic mass is 9.86. The van der Waals surface area contributed by atoms with Crippen LogP contribution in [0.3, 0.4) is 0 Å². The minimum Gasteiger partial charge on any atom is -0.405 e. The number of hydrogen-bond acceptors (Lipinski definition) is 12. The third kappa shape index (κ3) is 14.0. The number of hydrogen-bond donors (Lipinski definition) is 6. The van der Waals surface area contributed by atoms with Crippen molar-refractivity contribution in [2.45, 2.75) is 121 Å². The number of imide groups is 1. The molecule has 3 heterocycles. The Morgan fingerprint density at radius 3 is 2.43 bits per heavy atom. The molecule has 18 heteroatoms. The van der Waals surface area contributed by atoms with Crippen molar-refractivity contribution < 1.29 is 37.1 Å². The van der Waals surface area contributed by atoms with E-state index in [1.165, 1.54) is 24.4 Å². The number of fused-ring (bicyclic) bond motifs is 1. The number of ether oxygens (including phenoxy) is 1. The van der Waals surface area contributed by atoms with E-state index in [2.05, 4.69) is 52.7 Å². The van der Waals surface area contributed by atoms with Crippen LogP contribution in [0.15, 0.2) is 48.7 Å². The molecule has 1 saturated carbocycles. The third-order valence-electron chi connectivity index (χ3n) is 11.8. The standard InChI is InChI=1S/C45H57F3N10O5/c46-45(47,48)63-38-14-5-4-11-31(38)27-54-44-55-28-32(25-49)41(57-44)53-26-30-16-18-33(19-17-30)50-22-7-2-1-3-8-24-52-39(59)15-6-9-23-51-36-13-10-12-34-35(36)29-58(43(34)62)37-20-21-40(60)56-42(37)61/h4-5,10-14,28,30,33,37,50-51H,1-3,6-9,15-24,26-27,29H2,(H,52,59)(H,56,60,61)(H2,53,54,55,57). The van der Waals surface area contributed by atoms with E-state index >= 15 is 0 Å². The third-order valence-corrected chi connectivity index (χ3v) is 11.8. The Morgan fingerprint density at radius 2 is 1.65 bits per heavy atom. The number of para-hydroxylation sites is 1. The summed E-state index contributed by atoms with van der Waals surface area (Å²) in [6.45, 7) is 3.26. The number of nitrogens with one attached hydrogen (secondary N) is 6. The lowest BCUT2D eigenvalue weighted by Gasteiger charge is -2.29. The number of piperidine rings is 1. The van der Waals surface area contributed by atoms with Gasteiger partial charge in [-0.2, -0.15) is 10.2 Å². The molecule has 0 bridgehead atoms. The van der Waals surface area contributed by atoms with E-state index in [0.717, 1.165) is 88.4 Å². The fourth-order valence-corrected chi connectivity index (χ4v) is 8.33. The van der Waals surface area contributed by atoms with Gasteiger partial charge in [0, 0.05) is 74.0 Å². The lowest BCUT2D eigenvalue weighted by Crippen LogP contribution is -2.52. The second-order valence-electron chi connectivity index (χ2n) is 16.4. The largest absolute Gasteiger partial charge is 0.573 e. The van der Waals surface area contributed by atoms with Gasteiger partial charge in [0.25, 0.3) is 5.91 Å². The van der Waals surface area contributed by atoms with Crippen LogP contribution < -0.4 is 36.6 Å². The molecule has 3 aliphatic rings. The zero-order valence-electron chi connectivity index (χ0n) is 35.5. The predicted octanol–water partition coefficient (Wildman–Crippen LogP) is 6.53. The Kier molecular flexibility index (Phi) is 16.9. The maximum Gasteiger partial charge on any atom is 0.573 e. The van der Waals surface area contributed by atoms with Gasteiger partial charge in [-0.15, -0.1) is 13.2 Å². The summed E-state index contributed by atoms with van der Waals surface area (Å²) in [5, 5.41) is 28.3. The first-order chi connectivity index (χ1) is 30.5. The zero-order valence-corrected chi connectivity index (χ0v) is 35.5. The summed E-state index contributed by atoms with van der Waals surface area (Å²) in [5.74, 6) is -0.198. The van der Waals surface area contributed by atoms with Gasteiger partial charge >= 0.3 is 6.36 Å². The quantitative estimate of drug-likeness (QED) is 0.0445. The van der Waals surface area contributed by atoms with Crippen molar-refractivity contribution in [1.82, 2.24) is 30.8 Å². The van der Waals surface area contributed by atoms with Crippen molar-refractivity contribution in [3.05, 3.63) is 70.9 Å². The van der Waals surface area contributed by atoms with E-state index in [-0.39, 0.29) is 53.5 Å². The van der Waals surface area contributed by atoms with Crippen molar-refractivity contribution in [2.75, 3.05) is 42.1 Å². The monoisotopic (exact) mass is 874 g/mol. The lowest BCUT2D eigenvalue weighted by molar-refractivity contribution is -0.274. The molecule has 1 aliphatic carbocycles. The molecule has 0 radical (unpaired) electrons. The minimum absolute atomic E-state index is 0.00111. The first-order valence-electron chi connectivity index (χ1n) is 22.1. The molecule has 1 unspecified atom stereocenters. The molecule has 3 aromatic rings. The molecule has 2 fully saturated rings. The molecular weight excluding hydrogens is 818 g/mol. The van der Waals surface area contributed by atoms with Crippen LogP contribution in [0.1, 0.15) is 117 Å². The second kappa shape index (κ2) is 22.9. The molecular formula is C45H57F3N10O5. The van der Waals surface area contributed by atoms with Gasteiger partial charge in [-0.25, -0.2) is 4.98 Å². The summed E-state index contributed by atoms with van der Waals surface area (Å²) >= 11 is 0. The van der Waals surface area contributed by atoms with E-state index in [4.69, 9.17) is 0 Å². The van der Waals surface area contributed by atoms with Gasteiger partial charge in [0.2, 0.25) is 23.7 Å². The second-order valence-corrected chi connectivity index (χ2v) is 16.4. The summed E-state index contributed by atoms with van der Waals surface area (Å²) in [5.41, 5.74) is 2.85. The molecule has 6 rings (SSSR count). The van der Waals surface area contributed by atoms with Crippen LogP contribution in [0.2, 0.25) is 0 Å². The number of unbranched alkanes of at least 4 members (excludes halogenated alkanes) is 5. The average molecular weight is 875 g/mol. The number of anilines is 3. The van der Waals surface area contributed by atoms with E-state index < -0.39 is 18.3 Å². The maximum absolute atomic E-state index is 13.1.